The van der Waals surface area contributed by atoms with Crippen molar-refractivity contribution in [1.29, 1.82) is 0 Å². The lowest BCUT2D eigenvalue weighted by Crippen LogP contribution is -2.17. The van der Waals surface area contributed by atoms with Crippen molar-refractivity contribution in [3.05, 3.63) is 49.4 Å². The molecule has 21 heavy (non-hydrogen) atoms. The van der Waals surface area contributed by atoms with Crippen LogP contribution in [0.5, 0.6) is 0 Å². The summed E-state index contributed by atoms with van der Waals surface area (Å²) in [6, 6.07) is 8.31. The molecule has 4 heteroatoms. The second-order valence-corrected chi connectivity index (χ2v) is 7.21. The average Bonchev–Trinajstić information content (AvgIpc) is 3.27. The predicted molar refractivity (Wildman–Crippen MR) is 93.5 cm³/mol. The molecule has 1 aliphatic rings. The molecular weight excluding hydrogens is 375 g/mol. The molecule has 0 saturated heterocycles. The Morgan fingerprint density at radius 1 is 1.33 bits per heavy atom. The fourth-order valence-electron chi connectivity index (χ4n) is 2.62. The predicted octanol–water partition coefficient (Wildman–Crippen LogP) is 4.12. The van der Waals surface area contributed by atoms with Crippen LogP contribution in [0.15, 0.2) is 29.1 Å². The Morgan fingerprint density at radius 2 is 2.05 bits per heavy atom. The van der Waals surface area contributed by atoms with Gasteiger partial charge in [0.2, 0.25) is 0 Å². The third-order valence-corrected chi connectivity index (χ3v) is 4.88. The van der Waals surface area contributed by atoms with Crippen molar-refractivity contribution in [3.8, 4) is 11.4 Å². The first-order valence-corrected chi connectivity index (χ1v) is 8.52. The molecule has 0 bridgehead atoms. The molecule has 1 N–H and O–H groups in total. The van der Waals surface area contributed by atoms with E-state index in [1.807, 2.05) is 6.07 Å². The first-order chi connectivity index (χ1) is 10.1. The molecule has 1 saturated carbocycles. The van der Waals surface area contributed by atoms with Gasteiger partial charge in [0.15, 0.2) is 0 Å². The molecule has 3 nitrogen and oxygen atoms in total. The second kappa shape index (κ2) is 5.91. The molecule has 1 fully saturated rings. The molecule has 1 aromatic heterocycles. The topological polar surface area (TPSA) is 45.8 Å². The zero-order chi connectivity index (χ0) is 15.0. The van der Waals surface area contributed by atoms with E-state index >= 15 is 0 Å². The standard InChI is InChI=1S/C17H19IN2O/c1-10(2)9-14-15(18)17(21)20-16(19-14)13-6-4-3-5-12(13)11-7-8-11/h3-6,10-11H,7-9H2,1-2H3,(H,19,20,21). The van der Waals surface area contributed by atoms with Gasteiger partial charge in [0, 0.05) is 5.56 Å². The largest absolute Gasteiger partial charge is 0.306 e. The van der Waals surface area contributed by atoms with Crippen molar-refractivity contribution in [1.82, 2.24) is 9.97 Å². The van der Waals surface area contributed by atoms with Crippen LogP contribution in [0, 0.1) is 9.49 Å². The number of aromatic amines is 1. The summed E-state index contributed by atoms with van der Waals surface area (Å²) >= 11 is 2.10. The smallest absolute Gasteiger partial charge is 0.264 e. The summed E-state index contributed by atoms with van der Waals surface area (Å²) in [7, 11) is 0. The number of aromatic nitrogens is 2. The van der Waals surface area contributed by atoms with E-state index in [0.29, 0.717) is 15.4 Å². The Morgan fingerprint density at radius 3 is 2.71 bits per heavy atom. The Kier molecular flexibility index (Phi) is 4.15. The molecule has 0 atom stereocenters. The third kappa shape index (κ3) is 3.20. The number of benzene rings is 1. The molecule has 0 unspecified atom stereocenters. The van der Waals surface area contributed by atoms with Gasteiger partial charge in [-0.3, -0.25) is 4.79 Å². The summed E-state index contributed by atoms with van der Waals surface area (Å²) < 4.78 is 0.717. The van der Waals surface area contributed by atoms with Crippen LogP contribution >= 0.6 is 22.6 Å². The molecular formula is C17H19IN2O. The van der Waals surface area contributed by atoms with Crippen molar-refractivity contribution in [3.63, 3.8) is 0 Å². The van der Waals surface area contributed by atoms with Gasteiger partial charge in [-0.15, -0.1) is 0 Å². The highest BCUT2D eigenvalue weighted by atomic mass is 127. The normalized spacial score (nSPS) is 14.7. The maximum absolute atomic E-state index is 12.2. The van der Waals surface area contributed by atoms with Gasteiger partial charge in [0.05, 0.1) is 9.26 Å². The van der Waals surface area contributed by atoms with Crippen LogP contribution in [-0.2, 0) is 6.42 Å². The van der Waals surface area contributed by atoms with Crippen LogP contribution in [-0.4, -0.2) is 9.97 Å². The molecule has 3 rings (SSSR count). The highest BCUT2D eigenvalue weighted by Gasteiger charge is 2.27. The molecule has 1 aromatic carbocycles. The molecule has 0 aliphatic heterocycles. The van der Waals surface area contributed by atoms with Gasteiger partial charge in [-0.25, -0.2) is 4.98 Å². The van der Waals surface area contributed by atoms with Gasteiger partial charge in [0.1, 0.15) is 5.82 Å². The van der Waals surface area contributed by atoms with Crippen molar-refractivity contribution in [2.75, 3.05) is 0 Å². The highest BCUT2D eigenvalue weighted by molar-refractivity contribution is 14.1. The minimum Gasteiger partial charge on any atom is -0.306 e. The Balaban J connectivity index is 2.11. The number of hydrogen-bond acceptors (Lipinski definition) is 2. The number of halogens is 1. The van der Waals surface area contributed by atoms with Gasteiger partial charge in [-0.05, 0) is 59.3 Å². The van der Waals surface area contributed by atoms with Gasteiger partial charge in [0.25, 0.3) is 5.56 Å². The zero-order valence-corrected chi connectivity index (χ0v) is 14.5. The van der Waals surface area contributed by atoms with E-state index in [2.05, 4.69) is 59.6 Å². The maximum Gasteiger partial charge on any atom is 0.264 e. The molecule has 2 aromatic rings. The van der Waals surface area contributed by atoms with Gasteiger partial charge in [-0.1, -0.05) is 38.1 Å². The minimum atomic E-state index is -0.0261. The summed E-state index contributed by atoms with van der Waals surface area (Å²) in [6.45, 7) is 4.30. The minimum absolute atomic E-state index is 0.0261. The average molecular weight is 394 g/mol. The summed E-state index contributed by atoms with van der Waals surface area (Å²) in [5.74, 6) is 1.84. The lowest BCUT2D eigenvalue weighted by atomic mass is 10.0. The van der Waals surface area contributed by atoms with Crippen LogP contribution in [0.2, 0.25) is 0 Å². The number of H-pyrrole nitrogens is 1. The third-order valence-electron chi connectivity index (χ3n) is 3.77. The van der Waals surface area contributed by atoms with E-state index in [0.717, 1.165) is 23.5 Å². The van der Waals surface area contributed by atoms with Crippen molar-refractivity contribution in [2.24, 2.45) is 5.92 Å². The molecule has 1 heterocycles. The fourth-order valence-corrected chi connectivity index (χ4v) is 3.09. The van der Waals surface area contributed by atoms with Gasteiger partial charge < -0.3 is 4.98 Å². The second-order valence-electron chi connectivity index (χ2n) is 6.13. The SMILES string of the molecule is CC(C)Cc1nc(-c2ccccc2C2CC2)[nH]c(=O)c1I. The van der Waals surface area contributed by atoms with Crippen LogP contribution in [0.4, 0.5) is 0 Å². The van der Waals surface area contributed by atoms with E-state index < -0.39 is 0 Å². The first kappa shape index (κ1) is 14.8. The lowest BCUT2D eigenvalue weighted by molar-refractivity contribution is 0.631. The van der Waals surface area contributed by atoms with E-state index in [1.165, 1.54) is 18.4 Å². The quantitative estimate of drug-likeness (QED) is 0.794. The molecule has 0 radical (unpaired) electrons. The summed E-state index contributed by atoms with van der Waals surface area (Å²) in [5, 5.41) is 0. The van der Waals surface area contributed by atoms with Crippen molar-refractivity contribution in [2.45, 2.75) is 39.0 Å². The number of nitrogens with one attached hydrogen (secondary N) is 1. The number of hydrogen-bond donors (Lipinski definition) is 1. The van der Waals surface area contributed by atoms with E-state index in [4.69, 9.17) is 4.98 Å². The number of rotatable bonds is 4. The van der Waals surface area contributed by atoms with Crippen molar-refractivity contribution >= 4 is 22.6 Å². The van der Waals surface area contributed by atoms with E-state index in [9.17, 15) is 4.79 Å². The highest BCUT2D eigenvalue weighted by Crippen LogP contribution is 2.43. The van der Waals surface area contributed by atoms with Gasteiger partial charge >= 0.3 is 0 Å². The Bertz CT molecular complexity index is 717. The lowest BCUT2D eigenvalue weighted by Gasteiger charge is -2.11. The zero-order valence-electron chi connectivity index (χ0n) is 12.3. The van der Waals surface area contributed by atoms with Crippen LogP contribution in [0.3, 0.4) is 0 Å². The molecule has 0 spiro atoms. The maximum atomic E-state index is 12.2. The fraction of sp³-hybridized carbons (Fsp3) is 0.412. The van der Waals surface area contributed by atoms with Crippen LogP contribution in [0.1, 0.15) is 43.9 Å². The first-order valence-electron chi connectivity index (χ1n) is 7.44. The Labute approximate surface area is 138 Å². The Hall–Kier alpha value is -1.17. The summed E-state index contributed by atoms with van der Waals surface area (Å²) in [4.78, 5) is 19.9. The van der Waals surface area contributed by atoms with E-state index in [-0.39, 0.29) is 5.56 Å². The summed E-state index contributed by atoms with van der Waals surface area (Å²) in [5.41, 5.74) is 3.28. The van der Waals surface area contributed by atoms with E-state index in [1.54, 1.807) is 0 Å². The molecule has 110 valence electrons. The number of nitrogens with zero attached hydrogens (tertiary/aromatic N) is 1. The molecule has 0 amide bonds. The molecule has 1 aliphatic carbocycles. The van der Waals surface area contributed by atoms with Crippen LogP contribution in [0.25, 0.3) is 11.4 Å². The van der Waals surface area contributed by atoms with Gasteiger partial charge in [-0.2, -0.15) is 0 Å². The van der Waals surface area contributed by atoms with Crippen molar-refractivity contribution < 1.29 is 0 Å². The monoisotopic (exact) mass is 394 g/mol. The summed E-state index contributed by atoms with van der Waals surface area (Å²) in [6.07, 6.45) is 3.32. The van der Waals surface area contributed by atoms with Crippen LogP contribution < -0.4 is 5.56 Å².